The van der Waals surface area contributed by atoms with Gasteiger partial charge in [0.1, 0.15) is 11.6 Å². The number of halogens is 1. The summed E-state index contributed by atoms with van der Waals surface area (Å²) in [5.41, 5.74) is 0.821. The number of carbonyl (C=O) groups is 1. The molecule has 0 aliphatic rings. The number of hydrogen-bond acceptors (Lipinski definition) is 4. The SMILES string of the molecule is CC(Cc1ccco1)NC(=O)c1cn(-c2ccc(F)cc2)nn1. The lowest BCUT2D eigenvalue weighted by atomic mass is 10.2. The average Bonchev–Trinajstić information content (AvgIpc) is 3.19. The molecule has 0 aliphatic heterocycles. The van der Waals surface area contributed by atoms with Crippen molar-refractivity contribution in [2.75, 3.05) is 0 Å². The van der Waals surface area contributed by atoms with Crippen molar-refractivity contribution in [3.63, 3.8) is 0 Å². The van der Waals surface area contributed by atoms with E-state index in [0.29, 0.717) is 12.1 Å². The lowest BCUT2D eigenvalue weighted by molar-refractivity contribution is 0.0934. The lowest BCUT2D eigenvalue weighted by Gasteiger charge is -2.10. The van der Waals surface area contributed by atoms with Crippen molar-refractivity contribution in [3.8, 4) is 5.69 Å². The third-order valence-electron chi connectivity index (χ3n) is 3.28. The van der Waals surface area contributed by atoms with Gasteiger partial charge in [-0.05, 0) is 43.3 Å². The van der Waals surface area contributed by atoms with E-state index in [-0.39, 0.29) is 23.5 Å². The Morgan fingerprint density at radius 1 is 1.35 bits per heavy atom. The van der Waals surface area contributed by atoms with Crippen molar-refractivity contribution < 1.29 is 13.6 Å². The quantitative estimate of drug-likeness (QED) is 0.784. The topological polar surface area (TPSA) is 73.0 Å². The molecule has 3 aromatic rings. The lowest BCUT2D eigenvalue weighted by Crippen LogP contribution is -2.34. The van der Waals surface area contributed by atoms with Crippen LogP contribution in [0.5, 0.6) is 0 Å². The minimum atomic E-state index is -0.335. The Balaban J connectivity index is 1.65. The first-order valence-corrected chi connectivity index (χ1v) is 7.13. The zero-order valence-corrected chi connectivity index (χ0v) is 12.4. The maximum absolute atomic E-state index is 12.9. The fourth-order valence-corrected chi connectivity index (χ4v) is 2.17. The number of amides is 1. The van der Waals surface area contributed by atoms with Crippen LogP contribution < -0.4 is 5.32 Å². The summed E-state index contributed by atoms with van der Waals surface area (Å²) in [6, 6.07) is 9.32. The van der Waals surface area contributed by atoms with Crippen molar-refractivity contribution in [2.24, 2.45) is 0 Å². The second kappa shape index (κ2) is 6.43. The summed E-state index contributed by atoms with van der Waals surface area (Å²) in [6.07, 6.45) is 3.69. The second-order valence-electron chi connectivity index (χ2n) is 5.18. The number of benzene rings is 1. The van der Waals surface area contributed by atoms with Crippen LogP contribution in [-0.2, 0) is 6.42 Å². The molecule has 1 aromatic carbocycles. The summed E-state index contributed by atoms with van der Waals surface area (Å²) < 4.78 is 19.6. The first kappa shape index (κ1) is 15.0. The molecule has 1 amide bonds. The van der Waals surface area contributed by atoms with E-state index in [4.69, 9.17) is 4.42 Å². The molecule has 0 spiro atoms. The fourth-order valence-electron chi connectivity index (χ4n) is 2.17. The molecule has 0 saturated carbocycles. The highest BCUT2D eigenvalue weighted by atomic mass is 19.1. The summed E-state index contributed by atoms with van der Waals surface area (Å²) in [4.78, 5) is 12.2. The van der Waals surface area contributed by atoms with Gasteiger partial charge in [-0.25, -0.2) is 9.07 Å². The molecule has 0 saturated heterocycles. The third-order valence-corrected chi connectivity index (χ3v) is 3.28. The van der Waals surface area contributed by atoms with E-state index in [1.807, 2.05) is 13.0 Å². The molecule has 2 aromatic heterocycles. The summed E-state index contributed by atoms with van der Waals surface area (Å²) in [5.74, 6) is 0.142. The predicted molar refractivity (Wildman–Crippen MR) is 80.7 cm³/mol. The van der Waals surface area contributed by atoms with E-state index in [1.54, 1.807) is 24.5 Å². The maximum Gasteiger partial charge on any atom is 0.273 e. The van der Waals surface area contributed by atoms with E-state index >= 15 is 0 Å². The van der Waals surface area contributed by atoms with E-state index < -0.39 is 0 Å². The fraction of sp³-hybridized carbons (Fsp3) is 0.188. The Morgan fingerprint density at radius 2 is 2.13 bits per heavy atom. The highest BCUT2D eigenvalue weighted by molar-refractivity contribution is 5.92. The Morgan fingerprint density at radius 3 is 2.83 bits per heavy atom. The van der Waals surface area contributed by atoms with E-state index in [0.717, 1.165) is 5.76 Å². The summed E-state index contributed by atoms with van der Waals surface area (Å²) in [6.45, 7) is 1.88. The van der Waals surface area contributed by atoms with Crippen LogP contribution in [0.3, 0.4) is 0 Å². The standard InChI is InChI=1S/C16H15FN4O2/c1-11(9-14-3-2-8-23-14)18-16(22)15-10-21(20-19-15)13-6-4-12(17)5-7-13/h2-8,10-11H,9H2,1H3,(H,18,22). The number of rotatable bonds is 5. The highest BCUT2D eigenvalue weighted by Gasteiger charge is 2.15. The number of nitrogens with zero attached hydrogens (tertiary/aromatic N) is 3. The van der Waals surface area contributed by atoms with Gasteiger partial charge in [0.2, 0.25) is 0 Å². The molecule has 23 heavy (non-hydrogen) atoms. The van der Waals surface area contributed by atoms with Gasteiger partial charge in [-0.15, -0.1) is 5.10 Å². The van der Waals surface area contributed by atoms with Crippen molar-refractivity contribution >= 4 is 5.91 Å². The summed E-state index contributed by atoms with van der Waals surface area (Å²) in [5, 5.41) is 10.6. The van der Waals surface area contributed by atoms with E-state index in [1.165, 1.54) is 23.0 Å². The molecule has 0 aliphatic carbocycles. The van der Waals surface area contributed by atoms with E-state index in [2.05, 4.69) is 15.6 Å². The molecule has 3 rings (SSSR count). The zero-order valence-electron chi connectivity index (χ0n) is 12.4. The molecule has 1 atom stereocenters. The molecule has 118 valence electrons. The Labute approximate surface area is 131 Å². The normalized spacial score (nSPS) is 12.1. The van der Waals surface area contributed by atoms with Crippen molar-refractivity contribution in [3.05, 3.63) is 66.1 Å². The van der Waals surface area contributed by atoms with Gasteiger partial charge in [-0.3, -0.25) is 4.79 Å². The van der Waals surface area contributed by atoms with Crippen molar-refractivity contribution in [1.29, 1.82) is 0 Å². The minimum Gasteiger partial charge on any atom is -0.469 e. The van der Waals surface area contributed by atoms with Crippen LogP contribution in [0.2, 0.25) is 0 Å². The predicted octanol–water partition coefficient (Wildman–Crippen LogP) is 2.36. The maximum atomic E-state index is 12.9. The first-order chi connectivity index (χ1) is 11.1. The van der Waals surface area contributed by atoms with Crippen LogP contribution >= 0.6 is 0 Å². The van der Waals surface area contributed by atoms with Crippen LogP contribution in [-0.4, -0.2) is 26.9 Å². The molecule has 1 unspecified atom stereocenters. The average molecular weight is 314 g/mol. The Kier molecular flexibility index (Phi) is 4.18. The highest BCUT2D eigenvalue weighted by Crippen LogP contribution is 2.09. The van der Waals surface area contributed by atoms with Gasteiger partial charge in [0.25, 0.3) is 5.91 Å². The van der Waals surface area contributed by atoms with Crippen LogP contribution in [0.1, 0.15) is 23.2 Å². The van der Waals surface area contributed by atoms with Gasteiger partial charge in [-0.1, -0.05) is 5.21 Å². The number of aromatic nitrogens is 3. The van der Waals surface area contributed by atoms with Crippen molar-refractivity contribution in [2.45, 2.75) is 19.4 Å². The Hall–Kier alpha value is -2.96. The van der Waals surface area contributed by atoms with Crippen LogP contribution in [0, 0.1) is 5.82 Å². The molecule has 7 heteroatoms. The largest absolute Gasteiger partial charge is 0.469 e. The first-order valence-electron chi connectivity index (χ1n) is 7.13. The van der Waals surface area contributed by atoms with Crippen LogP contribution in [0.15, 0.2) is 53.3 Å². The Bertz CT molecular complexity index is 781. The molecule has 2 heterocycles. The molecular formula is C16H15FN4O2. The number of carbonyl (C=O) groups excluding carboxylic acids is 1. The molecule has 0 radical (unpaired) electrons. The van der Waals surface area contributed by atoms with Crippen LogP contribution in [0.4, 0.5) is 4.39 Å². The number of nitrogens with one attached hydrogen (secondary N) is 1. The van der Waals surface area contributed by atoms with Gasteiger partial charge in [0.05, 0.1) is 18.1 Å². The monoisotopic (exact) mass is 314 g/mol. The van der Waals surface area contributed by atoms with Gasteiger partial charge >= 0.3 is 0 Å². The minimum absolute atomic E-state index is 0.107. The number of hydrogen-bond donors (Lipinski definition) is 1. The van der Waals surface area contributed by atoms with Gasteiger partial charge in [-0.2, -0.15) is 0 Å². The summed E-state index contributed by atoms with van der Waals surface area (Å²) >= 11 is 0. The molecule has 6 nitrogen and oxygen atoms in total. The van der Waals surface area contributed by atoms with E-state index in [9.17, 15) is 9.18 Å². The molecule has 1 N–H and O–H groups in total. The smallest absolute Gasteiger partial charge is 0.273 e. The zero-order chi connectivity index (χ0) is 16.2. The summed E-state index contributed by atoms with van der Waals surface area (Å²) in [7, 11) is 0. The molecule has 0 fully saturated rings. The third kappa shape index (κ3) is 3.63. The van der Waals surface area contributed by atoms with Gasteiger partial charge in [0, 0.05) is 12.5 Å². The van der Waals surface area contributed by atoms with Gasteiger partial charge < -0.3 is 9.73 Å². The van der Waals surface area contributed by atoms with Gasteiger partial charge in [0.15, 0.2) is 5.69 Å². The second-order valence-corrected chi connectivity index (χ2v) is 5.18. The molecular weight excluding hydrogens is 299 g/mol. The number of furan rings is 1. The molecule has 0 bridgehead atoms. The van der Waals surface area contributed by atoms with Crippen molar-refractivity contribution in [1.82, 2.24) is 20.3 Å². The van der Waals surface area contributed by atoms with Crippen LogP contribution in [0.25, 0.3) is 5.69 Å².